The van der Waals surface area contributed by atoms with E-state index in [1.54, 1.807) is 38.6 Å². The Labute approximate surface area is 283 Å². The Morgan fingerprint density at radius 2 is 1.35 bits per heavy atom. The summed E-state index contributed by atoms with van der Waals surface area (Å²) in [4.78, 5) is 38.8. The molecule has 48 heavy (non-hydrogen) atoms. The van der Waals surface area contributed by atoms with Gasteiger partial charge in [0, 0.05) is 63.4 Å². The van der Waals surface area contributed by atoms with Gasteiger partial charge in [0.05, 0.1) is 33.6 Å². The maximum absolute atomic E-state index is 13.8. The highest BCUT2D eigenvalue weighted by atomic mass is 16.5. The first-order valence-electron chi connectivity index (χ1n) is 16.2. The molecule has 0 radical (unpaired) electrons. The molecule has 2 aromatic carbocycles. The van der Waals surface area contributed by atoms with E-state index >= 15 is 0 Å². The van der Waals surface area contributed by atoms with E-state index in [4.69, 9.17) is 18.9 Å². The summed E-state index contributed by atoms with van der Waals surface area (Å²) in [6, 6.07) is 19.9. The number of likely N-dealkylation sites (N-methyl/N-ethyl adjacent to an activating group) is 1. The molecule has 10 heteroatoms. The Morgan fingerprint density at radius 3 is 1.90 bits per heavy atom. The lowest BCUT2D eigenvalue weighted by atomic mass is 9.88. The van der Waals surface area contributed by atoms with Crippen LogP contribution in [-0.4, -0.2) is 74.9 Å². The summed E-state index contributed by atoms with van der Waals surface area (Å²) in [7, 11) is 7.81. The van der Waals surface area contributed by atoms with Gasteiger partial charge in [-0.3, -0.25) is 14.9 Å². The van der Waals surface area contributed by atoms with Gasteiger partial charge >= 0.3 is 12.0 Å². The molecule has 4 aromatic rings. The Hall–Kier alpha value is -5.12. The maximum atomic E-state index is 13.8. The predicted octanol–water partition coefficient (Wildman–Crippen LogP) is 6.93. The second-order valence-corrected chi connectivity index (χ2v) is 11.5. The number of benzene rings is 2. The highest BCUT2D eigenvalue weighted by Gasteiger charge is 2.31. The van der Waals surface area contributed by atoms with Crippen molar-refractivity contribution in [2.24, 2.45) is 0 Å². The minimum absolute atomic E-state index is 0.232. The summed E-state index contributed by atoms with van der Waals surface area (Å²) < 4.78 is 22.1. The number of methoxy groups -OCH3 is 3. The number of pyridine rings is 2. The first-order valence-corrected chi connectivity index (χ1v) is 16.2. The quantitative estimate of drug-likeness (QED) is 0.0893. The van der Waals surface area contributed by atoms with E-state index in [1.807, 2.05) is 54.9 Å². The second kappa shape index (κ2) is 18.3. The number of hydrogen-bond donors (Lipinski definition) is 0. The van der Waals surface area contributed by atoms with E-state index < -0.39 is 12.0 Å². The van der Waals surface area contributed by atoms with Crippen molar-refractivity contribution in [1.82, 2.24) is 14.9 Å². The number of nitrogens with zero attached hydrogens (tertiary/aromatic N) is 4. The predicted molar refractivity (Wildman–Crippen MR) is 186 cm³/mol. The van der Waals surface area contributed by atoms with Crippen LogP contribution in [0.1, 0.15) is 54.7 Å². The fraction of sp³-hybridized carbons (Fsp3) is 0.368. The lowest BCUT2D eigenvalue weighted by molar-refractivity contribution is -0.148. The van der Waals surface area contributed by atoms with Crippen molar-refractivity contribution >= 4 is 17.7 Å². The molecule has 10 nitrogen and oxygen atoms in total. The van der Waals surface area contributed by atoms with Crippen molar-refractivity contribution in [1.29, 1.82) is 0 Å². The fourth-order valence-electron chi connectivity index (χ4n) is 5.72. The number of carbonyl (C=O) groups excluding carboxylic acids is 2. The van der Waals surface area contributed by atoms with Crippen molar-refractivity contribution in [3.63, 3.8) is 0 Å². The highest BCUT2D eigenvalue weighted by Crippen LogP contribution is 2.41. The maximum Gasteiger partial charge on any atom is 0.329 e. The Balaban J connectivity index is 1.35. The average Bonchev–Trinajstić information content (AvgIpc) is 3.14. The van der Waals surface area contributed by atoms with Crippen LogP contribution in [0.25, 0.3) is 0 Å². The average molecular weight is 655 g/mol. The monoisotopic (exact) mass is 654 g/mol. The second-order valence-electron chi connectivity index (χ2n) is 11.5. The first kappa shape index (κ1) is 35.7. The van der Waals surface area contributed by atoms with Crippen LogP contribution < -0.4 is 19.1 Å². The van der Waals surface area contributed by atoms with Crippen molar-refractivity contribution in [3.05, 3.63) is 108 Å². The number of carbonyl (C=O) groups is 2. The molecule has 0 spiro atoms. The summed E-state index contributed by atoms with van der Waals surface area (Å²) in [5.41, 5.74) is 3.80. The number of esters is 1. The molecule has 0 bridgehead atoms. The van der Waals surface area contributed by atoms with E-state index in [2.05, 4.69) is 22.1 Å². The zero-order chi connectivity index (χ0) is 34.3. The van der Waals surface area contributed by atoms with Gasteiger partial charge in [-0.15, -0.1) is 0 Å². The van der Waals surface area contributed by atoms with Crippen LogP contribution in [0.2, 0.25) is 0 Å². The fourth-order valence-corrected chi connectivity index (χ4v) is 5.72. The van der Waals surface area contributed by atoms with Crippen LogP contribution in [0, 0.1) is 0 Å². The summed E-state index contributed by atoms with van der Waals surface area (Å²) in [5, 5.41) is 0. The van der Waals surface area contributed by atoms with E-state index in [9.17, 15) is 9.59 Å². The van der Waals surface area contributed by atoms with Crippen molar-refractivity contribution in [3.8, 4) is 17.2 Å². The molecule has 0 N–H and O–H groups in total. The van der Waals surface area contributed by atoms with Gasteiger partial charge in [-0.2, -0.15) is 0 Å². The molecule has 0 saturated heterocycles. The van der Waals surface area contributed by atoms with Gasteiger partial charge in [0.1, 0.15) is 6.04 Å². The zero-order valence-corrected chi connectivity index (χ0v) is 28.5. The number of unbranched alkanes of at least 4 members (excludes halogenated alkanes) is 3. The van der Waals surface area contributed by atoms with Gasteiger partial charge < -0.3 is 23.8 Å². The van der Waals surface area contributed by atoms with Crippen LogP contribution in [0.4, 0.5) is 10.5 Å². The van der Waals surface area contributed by atoms with E-state index in [0.717, 1.165) is 37.7 Å². The van der Waals surface area contributed by atoms with E-state index in [1.165, 1.54) is 42.3 Å². The lowest BCUT2D eigenvalue weighted by Gasteiger charge is -2.31. The zero-order valence-electron chi connectivity index (χ0n) is 28.5. The molecule has 2 aromatic heterocycles. The van der Waals surface area contributed by atoms with E-state index in [-0.39, 0.29) is 18.6 Å². The molecule has 1 atom stereocenters. The van der Waals surface area contributed by atoms with E-state index in [0.29, 0.717) is 29.4 Å². The SMILES string of the molecule is COc1cc(N(C)C(=O)N(C)C(Cc2ccccc2)C(=O)OCCCCCCC(c2cccnc2)c2cccnc2)cc(OC)c1OC. The summed E-state index contributed by atoms with van der Waals surface area (Å²) in [5.74, 6) is 1.04. The van der Waals surface area contributed by atoms with Crippen molar-refractivity contribution in [2.75, 3.05) is 46.9 Å². The molecule has 4 rings (SSSR count). The van der Waals surface area contributed by atoms with Gasteiger partial charge in [0.25, 0.3) is 0 Å². The van der Waals surface area contributed by atoms with Gasteiger partial charge in [0.15, 0.2) is 11.5 Å². The minimum Gasteiger partial charge on any atom is -0.493 e. The Kier molecular flexibility index (Phi) is 13.6. The van der Waals surface area contributed by atoms with Crippen LogP contribution >= 0.6 is 0 Å². The largest absolute Gasteiger partial charge is 0.493 e. The number of anilines is 1. The third-order valence-electron chi connectivity index (χ3n) is 8.44. The summed E-state index contributed by atoms with van der Waals surface area (Å²) in [6.07, 6.45) is 12.4. The molecule has 0 fully saturated rings. The molecule has 0 saturated carbocycles. The standard InChI is InChI=1S/C38H46N4O6/c1-41(31-24-34(45-3)36(47-5)35(25-31)46-4)38(44)42(2)33(23-28-15-9-8-10-16-28)37(43)48-22-12-7-6-11-19-32(29-17-13-20-39-26-29)30-18-14-21-40-27-30/h8-10,13-18,20-21,24-27,32-33H,6-7,11-12,19,22-23H2,1-5H3. The highest BCUT2D eigenvalue weighted by molar-refractivity contribution is 5.95. The molecular weight excluding hydrogens is 608 g/mol. The molecule has 2 heterocycles. The summed E-state index contributed by atoms with van der Waals surface area (Å²) >= 11 is 0. The molecule has 0 aliphatic rings. The normalized spacial score (nSPS) is 11.5. The van der Waals surface area contributed by atoms with Gasteiger partial charge in [-0.25, -0.2) is 9.59 Å². The molecule has 0 aliphatic carbocycles. The first-order chi connectivity index (χ1) is 23.4. The number of hydrogen-bond acceptors (Lipinski definition) is 8. The van der Waals surface area contributed by atoms with Crippen LogP contribution in [0.5, 0.6) is 17.2 Å². The molecule has 2 amide bonds. The molecular formula is C38H46N4O6. The number of aromatic nitrogens is 2. The smallest absolute Gasteiger partial charge is 0.329 e. The number of ether oxygens (including phenoxy) is 4. The number of amides is 2. The number of rotatable bonds is 17. The molecule has 254 valence electrons. The summed E-state index contributed by atoms with van der Waals surface area (Å²) in [6.45, 7) is 0.281. The topological polar surface area (TPSA) is 103 Å². The number of urea groups is 1. The van der Waals surface area contributed by atoms with Crippen molar-refractivity contribution < 1.29 is 28.5 Å². The molecule has 0 aliphatic heterocycles. The van der Waals surface area contributed by atoms with Crippen molar-refractivity contribution in [2.45, 2.75) is 50.5 Å². The van der Waals surface area contributed by atoms with Crippen LogP contribution in [0.3, 0.4) is 0 Å². The Morgan fingerprint density at radius 1 is 0.750 bits per heavy atom. The Bertz CT molecular complexity index is 1510. The molecule has 1 unspecified atom stereocenters. The van der Waals surface area contributed by atoms with Gasteiger partial charge in [-0.1, -0.05) is 61.7 Å². The van der Waals surface area contributed by atoms with Crippen LogP contribution in [0.15, 0.2) is 91.5 Å². The third kappa shape index (κ3) is 9.47. The lowest BCUT2D eigenvalue weighted by Crippen LogP contribution is -2.49. The minimum atomic E-state index is -0.830. The van der Waals surface area contributed by atoms with Gasteiger partial charge in [-0.05, 0) is 41.7 Å². The van der Waals surface area contributed by atoms with Crippen LogP contribution in [-0.2, 0) is 16.0 Å². The third-order valence-corrected chi connectivity index (χ3v) is 8.44. The van der Waals surface area contributed by atoms with Gasteiger partial charge in [0.2, 0.25) is 5.75 Å².